The predicted molar refractivity (Wildman–Crippen MR) is 106 cm³/mol. The Bertz CT molecular complexity index is 675. The molecule has 3 rings (SSSR count). The molecule has 2 aromatic rings. The normalized spacial score (nSPS) is 13.9. The van der Waals surface area contributed by atoms with E-state index in [1.165, 1.54) is 16.8 Å². The van der Waals surface area contributed by atoms with Gasteiger partial charge in [0.15, 0.2) is 0 Å². The molecular weight excluding hydrogens is 324 g/mol. The summed E-state index contributed by atoms with van der Waals surface area (Å²) in [5.41, 5.74) is 3.72. The van der Waals surface area contributed by atoms with Crippen molar-refractivity contribution in [3.8, 4) is 0 Å². The highest BCUT2D eigenvalue weighted by atomic mass is 16.2. The summed E-state index contributed by atoms with van der Waals surface area (Å²) in [6, 6.07) is 10.4. The van der Waals surface area contributed by atoms with E-state index in [4.69, 9.17) is 15.1 Å². The smallest absolute Gasteiger partial charge is 0.135 e. The number of aliphatic hydroxyl groups excluding tert-OH is 1. The van der Waals surface area contributed by atoms with Crippen LogP contribution in [0, 0.1) is 0 Å². The summed E-state index contributed by atoms with van der Waals surface area (Å²) < 4.78 is 0. The maximum Gasteiger partial charge on any atom is 0.135 e. The highest BCUT2D eigenvalue weighted by Crippen LogP contribution is 2.21. The fourth-order valence-corrected chi connectivity index (χ4v) is 3.40. The Labute approximate surface area is 156 Å². The molecule has 0 atom stereocenters. The molecule has 1 aromatic heterocycles. The third-order valence-corrected chi connectivity index (χ3v) is 4.81. The van der Waals surface area contributed by atoms with Crippen LogP contribution in [0.1, 0.15) is 48.3 Å². The number of nitrogens with one attached hydrogen (secondary N) is 2. The number of nitrogens with zero attached hydrogens (tertiary/aromatic N) is 2. The average Bonchev–Trinajstić information content (AvgIpc) is 2.91. The molecule has 0 radical (unpaired) electrons. The molecule has 0 bridgehead atoms. The third kappa shape index (κ3) is 5.51. The molecule has 5 nitrogen and oxygen atoms in total. The van der Waals surface area contributed by atoms with E-state index in [0.717, 1.165) is 76.2 Å². The number of unbranched alkanes of at least 4 members (excludes halogenated alkanes) is 3. The van der Waals surface area contributed by atoms with Crippen molar-refractivity contribution >= 4 is 5.82 Å². The van der Waals surface area contributed by atoms with Gasteiger partial charge in [-0.3, -0.25) is 0 Å². The van der Waals surface area contributed by atoms with Crippen LogP contribution in [0.5, 0.6) is 0 Å². The quantitative estimate of drug-likeness (QED) is 0.604. The number of rotatable bonds is 9. The van der Waals surface area contributed by atoms with Gasteiger partial charge in [0.1, 0.15) is 11.6 Å². The van der Waals surface area contributed by atoms with Crippen LogP contribution in [0.2, 0.25) is 0 Å². The molecular formula is C21H30N4O. The monoisotopic (exact) mass is 354 g/mol. The summed E-state index contributed by atoms with van der Waals surface area (Å²) in [6.07, 6.45) is 6.94. The van der Waals surface area contributed by atoms with Gasteiger partial charge in [0.2, 0.25) is 0 Å². The molecule has 0 saturated carbocycles. The Kier molecular flexibility index (Phi) is 7.40. The van der Waals surface area contributed by atoms with Crippen LogP contribution in [-0.2, 0) is 19.3 Å². The van der Waals surface area contributed by atoms with Gasteiger partial charge in [-0.05, 0) is 31.4 Å². The molecule has 0 aliphatic carbocycles. The van der Waals surface area contributed by atoms with E-state index in [9.17, 15) is 0 Å². The summed E-state index contributed by atoms with van der Waals surface area (Å²) in [4.78, 5) is 9.75. The minimum absolute atomic E-state index is 0.294. The Morgan fingerprint density at radius 2 is 1.77 bits per heavy atom. The molecule has 3 N–H and O–H groups in total. The first-order chi connectivity index (χ1) is 12.9. The Balaban J connectivity index is 1.71. The van der Waals surface area contributed by atoms with Crippen LogP contribution in [0.4, 0.5) is 5.82 Å². The summed E-state index contributed by atoms with van der Waals surface area (Å²) in [5, 5.41) is 15.9. The molecule has 0 unspecified atom stereocenters. The third-order valence-electron chi connectivity index (χ3n) is 4.81. The van der Waals surface area contributed by atoms with Crippen molar-refractivity contribution in [3.63, 3.8) is 0 Å². The molecule has 0 saturated heterocycles. The van der Waals surface area contributed by atoms with Gasteiger partial charge < -0.3 is 15.7 Å². The lowest BCUT2D eigenvalue weighted by molar-refractivity contribution is 0.283. The van der Waals surface area contributed by atoms with Gasteiger partial charge in [0.25, 0.3) is 0 Å². The zero-order valence-electron chi connectivity index (χ0n) is 15.5. The Hall–Kier alpha value is -1.98. The fourth-order valence-electron chi connectivity index (χ4n) is 3.40. The molecule has 1 aliphatic heterocycles. The standard InChI is InChI=1S/C21H30N4O/c26-15-7-2-1-6-12-23-21-18-10-13-22-14-11-19(18)24-20(25-21)16-17-8-4-3-5-9-17/h3-5,8-9,22,26H,1-2,6-7,10-16H2,(H,23,24,25). The molecule has 2 heterocycles. The number of fused-ring (bicyclic) bond motifs is 1. The molecule has 26 heavy (non-hydrogen) atoms. The number of aliphatic hydroxyl groups is 1. The molecule has 0 spiro atoms. The zero-order chi connectivity index (χ0) is 18.0. The van der Waals surface area contributed by atoms with Crippen molar-refractivity contribution < 1.29 is 5.11 Å². The van der Waals surface area contributed by atoms with E-state index < -0.39 is 0 Å². The van der Waals surface area contributed by atoms with Crippen LogP contribution in [-0.4, -0.2) is 41.3 Å². The first kappa shape index (κ1) is 18.8. The molecule has 1 aromatic carbocycles. The van der Waals surface area contributed by atoms with Crippen molar-refractivity contribution in [2.45, 2.75) is 44.9 Å². The summed E-state index contributed by atoms with van der Waals surface area (Å²) in [7, 11) is 0. The maximum absolute atomic E-state index is 8.87. The van der Waals surface area contributed by atoms with Gasteiger partial charge in [-0.1, -0.05) is 43.2 Å². The number of benzene rings is 1. The number of hydrogen-bond donors (Lipinski definition) is 3. The molecule has 1 aliphatic rings. The lowest BCUT2D eigenvalue weighted by atomic mass is 10.1. The Morgan fingerprint density at radius 1 is 0.962 bits per heavy atom. The van der Waals surface area contributed by atoms with Crippen LogP contribution >= 0.6 is 0 Å². The van der Waals surface area contributed by atoms with E-state index in [-0.39, 0.29) is 0 Å². The van der Waals surface area contributed by atoms with E-state index in [2.05, 4.69) is 34.9 Å². The van der Waals surface area contributed by atoms with Crippen LogP contribution in [0.25, 0.3) is 0 Å². The molecule has 0 fully saturated rings. The predicted octanol–water partition coefficient (Wildman–Crippen LogP) is 2.72. The zero-order valence-corrected chi connectivity index (χ0v) is 15.5. The number of aromatic nitrogens is 2. The van der Waals surface area contributed by atoms with E-state index in [0.29, 0.717) is 6.61 Å². The summed E-state index contributed by atoms with van der Waals surface area (Å²) in [5.74, 6) is 1.92. The van der Waals surface area contributed by atoms with Crippen LogP contribution in [0.15, 0.2) is 30.3 Å². The largest absolute Gasteiger partial charge is 0.396 e. The van der Waals surface area contributed by atoms with Crippen molar-refractivity contribution in [2.75, 3.05) is 31.6 Å². The number of anilines is 1. The van der Waals surface area contributed by atoms with Crippen molar-refractivity contribution in [1.82, 2.24) is 15.3 Å². The van der Waals surface area contributed by atoms with Crippen molar-refractivity contribution in [3.05, 3.63) is 53.0 Å². The lowest BCUT2D eigenvalue weighted by Gasteiger charge is -2.15. The van der Waals surface area contributed by atoms with E-state index in [1.54, 1.807) is 0 Å². The minimum Gasteiger partial charge on any atom is -0.396 e. The van der Waals surface area contributed by atoms with Gasteiger partial charge in [-0.2, -0.15) is 0 Å². The summed E-state index contributed by atoms with van der Waals surface area (Å²) in [6.45, 7) is 3.19. The van der Waals surface area contributed by atoms with Crippen LogP contribution in [0.3, 0.4) is 0 Å². The highest BCUT2D eigenvalue weighted by Gasteiger charge is 2.16. The summed E-state index contributed by atoms with van der Waals surface area (Å²) >= 11 is 0. The fraction of sp³-hybridized carbons (Fsp3) is 0.524. The second-order valence-electron chi connectivity index (χ2n) is 6.89. The van der Waals surface area contributed by atoms with Gasteiger partial charge >= 0.3 is 0 Å². The second-order valence-corrected chi connectivity index (χ2v) is 6.89. The molecule has 0 amide bonds. The maximum atomic E-state index is 8.87. The average molecular weight is 354 g/mol. The number of hydrogen-bond acceptors (Lipinski definition) is 5. The van der Waals surface area contributed by atoms with Gasteiger partial charge in [0.05, 0.1) is 5.69 Å². The van der Waals surface area contributed by atoms with Crippen LogP contribution < -0.4 is 10.6 Å². The van der Waals surface area contributed by atoms with E-state index in [1.807, 2.05) is 6.07 Å². The lowest BCUT2D eigenvalue weighted by Crippen LogP contribution is -2.16. The van der Waals surface area contributed by atoms with E-state index >= 15 is 0 Å². The minimum atomic E-state index is 0.294. The van der Waals surface area contributed by atoms with Gasteiger partial charge in [0, 0.05) is 38.1 Å². The second kappa shape index (κ2) is 10.2. The first-order valence-corrected chi connectivity index (χ1v) is 9.85. The van der Waals surface area contributed by atoms with Gasteiger partial charge in [-0.25, -0.2) is 9.97 Å². The van der Waals surface area contributed by atoms with Crippen molar-refractivity contribution in [1.29, 1.82) is 0 Å². The molecule has 140 valence electrons. The SMILES string of the molecule is OCCCCCCNc1nc(Cc2ccccc2)nc2c1CCNCC2. The van der Waals surface area contributed by atoms with Crippen molar-refractivity contribution in [2.24, 2.45) is 0 Å². The molecule has 5 heteroatoms. The topological polar surface area (TPSA) is 70.1 Å². The Morgan fingerprint density at radius 3 is 2.62 bits per heavy atom. The van der Waals surface area contributed by atoms with Gasteiger partial charge in [-0.15, -0.1) is 0 Å². The highest BCUT2D eigenvalue weighted by molar-refractivity contribution is 5.48. The first-order valence-electron chi connectivity index (χ1n) is 9.85.